The zero-order valence-corrected chi connectivity index (χ0v) is 10.3. The van der Waals surface area contributed by atoms with Gasteiger partial charge in [0.1, 0.15) is 6.04 Å². The van der Waals surface area contributed by atoms with E-state index in [1.807, 2.05) is 42.3 Å². The Hall–Kier alpha value is -1.39. The zero-order chi connectivity index (χ0) is 12.7. The molecule has 1 atom stereocenters. The highest BCUT2D eigenvalue weighted by atomic mass is 16.5. The molecule has 1 N–H and O–H groups in total. The van der Waals surface area contributed by atoms with Crippen LogP contribution >= 0.6 is 0 Å². The third kappa shape index (κ3) is 4.17. The molecule has 0 bridgehead atoms. The molecule has 0 fully saturated rings. The molecule has 0 aliphatic heterocycles. The van der Waals surface area contributed by atoms with Crippen LogP contribution in [0.3, 0.4) is 0 Å². The third-order valence-electron chi connectivity index (χ3n) is 2.65. The van der Waals surface area contributed by atoms with Gasteiger partial charge in [0.2, 0.25) is 0 Å². The van der Waals surface area contributed by atoms with Crippen LogP contribution in [0.5, 0.6) is 0 Å². The van der Waals surface area contributed by atoms with E-state index in [-0.39, 0.29) is 0 Å². The minimum atomic E-state index is -0.823. The molecule has 0 heterocycles. The smallest absolute Gasteiger partial charge is 0.325 e. The van der Waals surface area contributed by atoms with E-state index < -0.39 is 12.0 Å². The van der Waals surface area contributed by atoms with Crippen molar-refractivity contribution in [2.24, 2.45) is 0 Å². The molecule has 0 saturated heterocycles. The lowest BCUT2D eigenvalue weighted by atomic mass is 10.1. The number of benzene rings is 1. The monoisotopic (exact) mass is 237 g/mol. The average molecular weight is 237 g/mol. The molecule has 0 saturated carbocycles. The van der Waals surface area contributed by atoms with E-state index in [1.165, 1.54) is 0 Å². The van der Waals surface area contributed by atoms with Crippen molar-refractivity contribution in [3.8, 4) is 0 Å². The van der Waals surface area contributed by atoms with Crippen molar-refractivity contribution in [3.63, 3.8) is 0 Å². The van der Waals surface area contributed by atoms with Crippen molar-refractivity contribution < 1.29 is 14.6 Å². The minimum Gasteiger partial charge on any atom is -0.480 e. The molecular formula is C13H19NO3. The summed E-state index contributed by atoms with van der Waals surface area (Å²) < 4.78 is 4.96. The van der Waals surface area contributed by atoms with Gasteiger partial charge in [-0.1, -0.05) is 30.3 Å². The number of hydrogen-bond donors (Lipinski definition) is 1. The van der Waals surface area contributed by atoms with Crippen molar-refractivity contribution in [2.75, 3.05) is 27.3 Å². The Morgan fingerprint density at radius 3 is 2.59 bits per heavy atom. The van der Waals surface area contributed by atoms with Gasteiger partial charge in [0.05, 0.1) is 0 Å². The van der Waals surface area contributed by atoms with E-state index in [4.69, 9.17) is 4.74 Å². The maximum atomic E-state index is 11.3. The Morgan fingerprint density at radius 2 is 2.06 bits per heavy atom. The fraction of sp³-hybridized carbons (Fsp3) is 0.462. The number of nitrogens with zero attached hydrogens (tertiary/aromatic N) is 1. The van der Waals surface area contributed by atoms with Crippen molar-refractivity contribution in [1.29, 1.82) is 0 Å². The normalized spacial score (nSPS) is 12.6. The first-order valence-corrected chi connectivity index (χ1v) is 5.63. The largest absolute Gasteiger partial charge is 0.480 e. The van der Waals surface area contributed by atoms with Crippen LogP contribution in [0.1, 0.15) is 18.0 Å². The molecule has 1 rings (SSSR count). The van der Waals surface area contributed by atoms with Crippen LogP contribution in [0.25, 0.3) is 0 Å². The topological polar surface area (TPSA) is 49.8 Å². The van der Waals surface area contributed by atoms with Crippen LogP contribution in [0.4, 0.5) is 0 Å². The van der Waals surface area contributed by atoms with Crippen molar-refractivity contribution in [1.82, 2.24) is 4.90 Å². The van der Waals surface area contributed by atoms with Gasteiger partial charge in [-0.2, -0.15) is 0 Å². The number of ether oxygens (including phenoxy) is 1. The zero-order valence-electron chi connectivity index (χ0n) is 10.3. The van der Waals surface area contributed by atoms with E-state index in [9.17, 15) is 9.90 Å². The Labute approximate surface area is 102 Å². The van der Waals surface area contributed by atoms with Crippen molar-refractivity contribution in [3.05, 3.63) is 35.9 Å². The number of carboxylic acid groups (broad SMARTS) is 1. The third-order valence-corrected chi connectivity index (χ3v) is 2.65. The van der Waals surface area contributed by atoms with Crippen LogP contribution < -0.4 is 0 Å². The maximum Gasteiger partial charge on any atom is 0.325 e. The highest BCUT2D eigenvalue weighted by Gasteiger charge is 2.23. The lowest BCUT2D eigenvalue weighted by Gasteiger charge is -2.24. The molecular weight excluding hydrogens is 218 g/mol. The Balaban J connectivity index is 2.69. The van der Waals surface area contributed by atoms with E-state index in [0.29, 0.717) is 13.2 Å². The maximum absolute atomic E-state index is 11.3. The molecule has 0 aromatic heterocycles. The second kappa shape index (κ2) is 7.04. The van der Waals surface area contributed by atoms with Gasteiger partial charge in [-0.3, -0.25) is 9.69 Å². The van der Waals surface area contributed by atoms with Gasteiger partial charge in [0, 0.05) is 20.3 Å². The number of hydrogen-bond acceptors (Lipinski definition) is 3. The van der Waals surface area contributed by atoms with Gasteiger partial charge in [0.25, 0.3) is 0 Å². The van der Waals surface area contributed by atoms with E-state index in [0.717, 1.165) is 12.0 Å². The van der Waals surface area contributed by atoms with Crippen LogP contribution in [0, 0.1) is 0 Å². The van der Waals surface area contributed by atoms with Crippen molar-refractivity contribution in [2.45, 2.75) is 12.5 Å². The van der Waals surface area contributed by atoms with E-state index in [1.54, 1.807) is 7.11 Å². The minimum absolute atomic E-state index is 0.590. The summed E-state index contributed by atoms with van der Waals surface area (Å²) in [7, 11) is 3.47. The van der Waals surface area contributed by atoms with E-state index in [2.05, 4.69) is 0 Å². The summed E-state index contributed by atoms with van der Waals surface area (Å²) in [5.74, 6) is -0.823. The Kier molecular flexibility index (Phi) is 5.66. The second-order valence-corrected chi connectivity index (χ2v) is 3.98. The number of likely N-dealkylation sites (N-methyl/N-ethyl adjacent to an activating group) is 1. The molecule has 94 valence electrons. The molecule has 1 aromatic rings. The van der Waals surface area contributed by atoms with Crippen LogP contribution in [-0.4, -0.2) is 43.3 Å². The van der Waals surface area contributed by atoms with Gasteiger partial charge in [-0.05, 0) is 19.0 Å². The lowest BCUT2D eigenvalue weighted by molar-refractivity contribution is -0.143. The van der Waals surface area contributed by atoms with E-state index >= 15 is 0 Å². The summed E-state index contributed by atoms with van der Waals surface area (Å²) in [5.41, 5.74) is 0.805. The molecule has 0 amide bonds. The summed E-state index contributed by atoms with van der Waals surface area (Å²) in [4.78, 5) is 13.1. The van der Waals surface area contributed by atoms with Gasteiger partial charge < -0.3 is 9.84 Å². The summed E-state index contributed by atoms with van der Waals surface area (Å²) in [5, 5.41) is 9.28. The molecule has 0 aliphatic carbocycles. The molecule has 4 heteroatoms. The highest BCUT2D eigenvalue weighted by molar-refractivity contribution is 5.75. The highest BCUT2D eigenvalue weighted by Crippen LogP contribution is 2.19. The van der Waals surface area contributed by atoms with Gasteiger partial charge in [0.15, 0.2) is 0 Å². The van der Waals surface area contributed by atoms with Crippen LogP contribution in [0.15, 0.2) is 30.3 Å². The van der Waals surface area contributed by atoms with Gasteiger partial charge in [-0.15, -0.1) is 0 Å². The molecule has 4 nitrogen and oxygen atoms in total. The summed E-state index contributed by atoms with van der Waals surface area (Å²) >= 11 is 0. The number of carboxylic acids is 1. The second-order valence-electron chi connectivity index (χ2n) is 3.98. The fourth-order valence-corrected chi connectivity index (χ4v) is 1.81. The quantitative estimate of drug-likeness (QED) is 0.734. The van der Waals surface area contributed by atoms with Gasteiger partial charge >= 0.3 is 5.97 Å². The first kappa shape index (κ1) is 13.7. The first-order chi connectivity index (χ1) is 8.16. The summed E-state index contributed by atoms with van der Waals surface area (Å²) in [6, 6.07) is 8.68. The SMILES string of the molecule is COCCCN(C)C(C(=O)O)c1ccccc1. The van der Waals surface area contributed by atoms with Gasteiger partial charge in [-0.25, -0.2) is 0 Å². The standard InChI is InChI=1S/C13H19NO3/c1-14(9-6-10-17-2)12(13(15)16)11-7-4-3-5-8-11/h3-5,7-8,12H,6,9-10H2,1-2H3,(H,15,16). The summed E-state index contributed by atoms with van der Waals surface area (Å²) in [6.45, 7) is 1.34. The molecule has 17 heavy (non-hydrogen) atoms. The fourth-order valence-electron chi connectivity index (χ4n) is 1.81. The molecule has 0 radical (unpaired) electrons. The predicted octanol–water partition coefficient (Wildman–Crippen LogP) is 1.78. The number of carbonyl (C=O) groups is 1. The van der Waals surface area contributed by atoms with Crippen molar-refractivity contribution >= 4 is 5.97 Å². The number of rotatable bonds is 7. The number of aliphatic carboxylic acids is 1. The number of methoxy groups -OCH3 is 1. The van der Waals surface area contributed by atoms with Crippen LogP contribution in [-0.2, 0) is 9.53 Å². The van der Waals surface area contributed by atoms with Crippen LogP contribution in [0.2, 0.25) is 0 Å². The summed E-state index contributed by atoms with van der Waals surface area (Å²) in [6.07, 6.45) is 0.823. The molecule has 0 aliphatic rings. The molecule has 0 spiro atoms. The predicted molar refractivity (Wildman–Crippen MR) is 65.9 cm³/mol. The first-order valence-electron chi connectivity index (χ1n) is 5.63. The lowest BCUT2D eigenvalue weighted by Crippen LogP contribution is -2.32. The average Bonchev–Trinajstić information content (AvgIpc) is 2.30. The molecule has 1 aromatic carbocycles. The molecule has 1 unspecified atom stereocenters. The Bertz CT molecular complexity index is 340. The Morgan fingerprint density at radius 1 is 1.41 bits per heavy atom.